The zero-order valence-electron chi connectivity index (χ0n) is 16.2. The van der Waals surface area contributed by atoms with Gasteiger partial charge in [0.1, 0.15) is 6.04 Å². The van der Waals surface area contributed by atoms with E-state index in [1.165, 1.54) is 39.9 Å². The van der Waals surface area contributed by atoms with Gasteiger partial charge in [0.2, 0.25) is 15.9 Å². The second-order valence-electron chi connectivity index (χ2n) is 7.01. The molecule has 1 fully saturated rings. The molecule has 0 radical (unpaired) electrons. The number of anilines is 1. The van der Waals surface area contributed by atoms with Crippen molar-refractivity contribution in [1.29, 1.82) is 0 Å². The number of sulfonamides is 1. The minimum absolute atomic E-state index is 0.128. The molecule has 1 N–H and O–H groups in total. The second kappa shape index (κ2) is 8.47. The SMILES string of the molecule is Cc1sc(NC(=O)[C@@H]2CCCN2S(=O)(=O)c2ccc(Cl)cc2)nc1-c1ccccc1. The number of carbonyl (C=O) groups is 1. The molecule has 0 bridgehead atoms. The maximum Gasteiger partial charge on any atom is 0.244 e. The number of rotatable bonds is 5. The first-order valence-electron chi connectivity index (χ1n) is 9.47. The van der Waals surface area contributed by atoms with E-state index in [1.807, 2.05) is 37.3 Å². The molecule has 1 aliphatic rings. The zero-order chi connectivity index (χ0) is 21.3. The molecule has 30 heavy (non-hydrogen) atoms. The van der Waals surface area contributed by atoms with Crippen molar-refractivity contribution in [1.82, 2.24) is 9.29 Å². The fourth-order valence-electron chi connectivity index (χ4n) is 3.53. The van der Waals surface area contributed by atoms with E-state index < -0.39 is 16.1 Å². The number of aryl methyl sites for hydroxylation is 1. The second-order valence-corrected chi connectivity index (χ2v) is 10.5. The van der Waals surface area contributed by atoms with Crippen LogP contribution in [0.25, 0.3) is 11.3 Å². The van der Waals surface area contributed by atoms with Crippen LogP contribution in [0.5, 0.6) is 0 Å². The Morgan fingerprint density at radius 1 is 1.17 bits per heavy atom. The first-order chi connectivity index (χ1) is 14.4. The van der Waals surface area contributed by atoms with Crippen LogP contribution >= 0.6 is 22.9 Å². The molecule has 2 aromatic carbocycles. The molecule has 2 heterocycles. The minimum Gasteiger partial charge on any atom is -0.301 e. The van der Waals surface area contributed by atoms with E-state index in [1.54, 1.807) is 0 Å². The number of hydrogen-bond acceptors (Lipinski definition) is 5. The van der Waals surface area contributed by atoms with Crippen LogP contribution in [0.4, 0.5) is 5.13 Å². The molecule has 1 atom stereocenters. The zero-order valence-corrected chi connectivity index (χ0v) is 18.6. The average molecular weight is 462 g/mol. The van der Waals surface area contributed by atoms with E-state index in [9.17, 15) is 13.2 Å². The summed E-state index contributed by atoms with van der Waals surface area (Å²) in [6.45, 7) is 2.25. The lowest BCUT2D eigenvalue weighted by atomic mass is 10.1. The summed E-state index contributed by atoms with van der Waals surface area (Å²) in [6, 6.07) is 14.9. The number of hydrogen-bond donors (Lipinski definition) is 1. The maximum absolute atomic E-state index is 13.0. The summed E-state index contributed by atoms with van der Waals surface area (Å²) in [5, 5.41) is 3.74. The predicted octanol–water partition coefficient (Wildman–Crippen LogP) is 4.56. The van der Waals surface area contributed by atoms with Gasteiger partial charge in [-0.05, 0) is 44.0 Å². The van der Waals surface area contributed by atoms with Crippen molar-refractivity contribution in [2.45, 2.75) is 30.7 Å². The molecule has 1 aromatic heterocycles. The molecular weight excluding hydrogens is 442 g/mol. The molecule has 0 saturated carbocycles. The van der Waals surface area contributed by atoms with E-state index >= 15 is 0 Å². The average Bonchev–Trinajstić information content (AvgIpc) is 3.36. The lowest BCUT2D eigenvalue weighted by molar-refractivity contribution is -0.119. The third-order valence-electron chi connectivity index (χ3n) is 5.00. The smallest absolute Gasteiger partial charge is 0.244 e. The Balaban J connectivity index is 1.54. The molecule has 1 saturated heterocycles. The van der Waals surface area contributed by atoms with Crippen LogP contribution in [-0.4, -0.2) is 36.2 Å². The van der Waals surface area contributed by atoms with Gasteiger partial charge < -0.3 is 5.32 Å². The number of nitrogens with one attached hydrogen (secondary N) is 1. The van der Waals surface area contributed by atoms with Crippen LogP contribution in [0.1, 0.15) is 17.7 Å². The van der Waals surface area contributed by atoms with E-state index in [-0.39, 0.29) is 10.8 Å². The summed E-state index contributed by atoms with van der Waals surface area (Å²) in [5.74, 6) is -0.363. The van der Waals surface area contributed by atoms with Crippen LogP contribution in [0.3, 0.4) is 0 Å². The summed E-state index contributed by atoms with van der Waals surface area (Å²) in [5.41, 5.74) is 1.78. The number of aromatic nitrogens is 1. The quantitative estimate of drug-likeness (QED) is 0.603. The van der Waals surface area contributed by atoms with Crippen molar-refractivity contribution in [3.05, 3.63) is 64.5 Å². The molecule has 0 aliphatic carbocycles. The van der Waals surface area contributed by atoms with Gasteiger partial charge >= 0.3 is 0 Å². The highest BCUT2D eigenvalue weighted by Gasteiger charge is 2.39. The van der Waals surface area contributed by atoms with Gasteiger partial charge in [-0.15, -0.1) is 11.3 Å². The summed E-state index contributed by atoms with van der Waals surface area (Å²) in [6.07, 6.45) is 1.09. The monoisotopic (exact) mass is 461 g/mol. The van der Waals surface area contributed by atoms with Gasteiger partial charge in [-0.2, -0.15) is 4.31 Å². The van der Waals surface area contributed by atoms with Crippen molar-refractivity contribution in [3.8, 4) is 11.3 Å². The molecule has 6 nitrogen and oxygen atoms in total. The van der Waals surface area contributed by atoms with Gasteiger partial charge in [-0.25, -0.2) is 13.4 Å². The Morgan fingerprint density at radius 3 is 2.57 bits per heavy atom. The molecule has 156 valence electrons. The molecule has 1 aliphatic heterocycles. The van der Waals surface area contributed by atoms with Crippen LogP contribution in [-0.2, 0) is 14.8 Å². The fourth-order valence-corrected chi connectivity index (χ4v) is 6.16. The fraction of sp³-hybridized carbons (Fsp3) is 0.238. The lowest BCUT2D eigenvalue weighted by Crippen LogP contribution is -2.43. The largest absolute Gasteiger partial charge is 0.301 e. The predicted molar refractivity (Wildman–Crippen MR) is 119 cm³/mol. The summed E-state index contributed by atoms with van der Waals surface area (Å²) >= 11 is 7.25. The summed E-state index contributed by atoms with van der Waals surface area (Å²) in [4.78, 5) is 18.6. The Bertz CT molecular complexity index is 1160. The van der Waals surface area contributed by atoms with Crippen molar-refractivity contribution in [2.75, 3.05) is 11.9 Å². The Kier molecular flexibility index (Phi) is 5.92. The summed E-state index contributed by atoms with van der Waals surface area (Å²) in [7, 11) is -3.79. The molecule has 0 unspecified atom stereocenters. The van der Waals surface area contributed by atoms with E-state index in [0.29, 0.717) is 29.5 Å². The van der Waals surface area contributed by atoms with Gasteiger partial charge in [0.25, 0.3) is 0 Å². The van der Waals surface area contributed by atoms with Gasteiger partial charge in [0.15, 0.2) is 5.13 Å². The Morgan fingerprint density at radius 2 is 1.87 bits per heavy atom. The maximum atomic E-state index is 13.0. The third-order valence-corrected chi connectivity index (χ3v) is 8.06. The first kappa shape index (κ1) is 21.0. The molecule has 9 heteroatoms. The lowest BCUT2D eigenvalue weighted by Gasteiger charge is -2.23. The van der Waals surface area contributed by atoms with Gasteiger partial charge in [0, 0.05) is 22.0 Å². The number of nitrogens with zero attached hydrogens (tertiary/aromatic N) is 2. The molecule has 0 spiro atoms. The van der Waals surface area contributed by atoms with Crippen molar-refractivity contribution in [3.63, 3.8) is 0 Å². The Hall–Kier alpha value is -2.26. The summed E-state index contributed by atoms with van der Waals surface area (Å²) < 4.78 is 27.4. The van der Waals surface area contributed by atoms with Crippen LogP contribution in [0, 0.1) is 6.92 Å². The van der Waals surface area contributed by atoms with E-state index in [2.05, 4.69) is 10.3 Å². The highest BCUT2D eigenvalue weighted by molar-refractivity contribution is 7.89. The first-order valence-corrected chi connectivity index (χ1v) is 12.1. The van der Waals surface area contributed by atoms with E-state index in [0.717, 1.165) is 16.1 Å². The molecule has 4 rings (SSSR count). The molecular formula is C21H20ClN3O3S2. The number of amides is 1. The molecule has 3 aromatic rings. The Labute approximate surface area is 184 Å². The number of halogens is 1. The van der Waals surface area contributed by atoms with Crippen molar-refractivity contribution < 1.29 is 13.2 Å². The highest BCUT2D eigenvalue weighted by Crippen LogP contribution is 2.32. The number of thiazole rings is 1. The number of benzene rings is 2. The third kappa shape index (κ3) is 4.13. The standard InChI is InChI=1S/C21H20ClN3O3S2/c1-14-19(15-6-3-2-4-7-15)23-21(29-14)24-20(26)18-8-5-13-25(18)30(27,28)17-11-9-16(22)10-12-17/h2-4,6-7,9-12,18H,5,8,13H2,1H3,(H,23,24,26)/t18-/m0/s1. The van der Waals surface area contributed by atoms with E-state index in [4.69, 9.17) is 11.6 Å². The van der Waals surface area contributed by atoms with Gasteiger partial charge in [0.05, 0.1) is 10.6 Å². The topological polar surface area (TPSA) is 79.4 Å². The van der Waals surface area contributed by atoms with Crippen molar-refractivity contribution in [2.24, 2.45) is 0 Å². The van der Waals surface area contributed by atoms with Gasteiger partial charge in [-0.3, -0.25) is 4.79 Å². The normalized spacial score (nSPS) is 17.2. The molecule has 1 amide bonds. The van der Waals surface area contributed by atoms with Crippen LogP contribution < -0.4 is 5.32 Å². The van der Waals surface area contributed by atoms with Crippen LogP contribution in [0.2, 0.25) is 5.02 Å². The van der Waals surface area contributed by atoms with Gasteiger partial charge in [-0.1, -0.05) is 41.9 Å². The number of carbonyl (C=O) groups excluding carboxylic acids is 1. The van der Waals surface area contributed by atoms with Crippen LogP contribution in [0.15, 0.2) is 59.5 Å². The highest BCUT2D eigenvalue weighted by atomic mass is 35.5. The minimum atomic E-state index is -3.79. The van der Waals surface area contributed by atoms with Crippen molar-refractivity contribution >= 4 is 44.0 Å².